The van der Waals surface area contributed by atoms with Gasteiger partial charge in [-0.15, -0.1) is 0 Å². The Morgan fingerprint density at radius 3 is 2.20 bits per heavy atom. The molecular weight excluding hydrogens is 274 g/mol. The summed E-state index contributed by atoms with van der Waals surface area (Å²) in [6.45, 7) is 3.02. The van der Waals surface area contributed by atoms with Gasteiger partial charge in [0.1, 0.15) is 5.78 Å². The van der Waals surface area contributed by atoms with Crippen LogP contribution in [0.3, 0.4) is 0 Å². The van der Waals surface area contributed by atoms with E-state index in [4.69, 9.17) is 4.74 Å². The van der Waals surface area contributed by atoms with E-state index in [0.29, 0.717) is 0 Å². The van der Waals surface area contributed by atoms with Crippen LogP contribution in [0.1, 0.15) is 39.5 Å². The zero-order valence-electron chi connectivity index (χ0n) is 11.9. The molecule has 0 spiro atoms. The summed E-state index contributed by atoms with van der Waals surface area (Å²) in [7, 11) is -4.93. The highest BCUT2D eigenvalue weighted by atomic mass is 19.4. The van der Waals surface area contributed by atoms with E-state index in [1.165, 1.54) is 6.92 Å². The lowest BCUT2D eigenvalue weighted by molar-refractivity contribution is -0.825. The van der Waals surface area contributed by atoms with Gasteiger partial charge in [-0.3, -0.25) is 4.79 Å². The van der Waals surface area contributed by atoms with Gasteiger partial charge >= 0.3 is 13.1 Å². The smallest absolute Gasteiger partial charge is 0.466 e. The minimum absolute atomic E-state index is 0.0662. The number of carbonyl (C=O) groups excluding carboxylic acids is 2. The molecular formula is C12H21BF3NO3. The van der Waals surface area contributed by atoms with E-state index >= 15 is 0 Å². The molecule has 0 saturated carbocycles. The average Bonchev–Trinajstić information content (AvgIpc) is 2.36. The molecule has 0 aromatic rings. The SMILES string of the molecule is CCOC(=O)C1(CCC(C)=O)CC[NH+]([B-](F)(F)F)CC1. The van der Waals surface area contributed by atoms with E-state index in [1.54, 1.807) is 6.92 Å². The monoisotopic (exact) mass is 295 g/mol. The number of Topliss-reactive ketones (excluding diaryl/α,β-unsaturated/α-hetero) is 1. The molecule has 0 unspecified atom stereocenters. The van der Waals surface area contributed by atoms with Gasteiger partial charge in [-0.05, 0) is 20.3 Å². The number of nitrogens with one attached hydrogen (secondary N) is 1. The number of quaternary nitrogens is 1. The fourth-order valence-electron chi connectivity index (χ4n) is 2.63. The topological polar surface area (TPSA) is 47.8 Å². The van der Waals surface area contributed by atoms with Crippen LogP contribution in [0.2, 0.25) is 0 Å². The van der Waals surface area contributed by atoms with Crippen molar-refractivity contribution in [2.45, 2.75) is 39.5 Å². The van der Waals surface area contributed by atoms with E-state index in [1.807, 2.05) is 0 Å². The molecule has 1 saturated heterocycles. The number of carbonyl (C=O) groups is 2. The summed E-state index contributed by atoms with van der Waals surface area (Å²) in [6, 6.07) is 0. The van der Waals surface area contributed by atoms with Gasteiger partial charge < -0.3 is 27.3 Å². The second-order valence-corrected chi connectivity index (χ2v) is 5.44. The van der Waals surface area contributed by atoms with Crippen molar-refractivity contribution in [3.63, 3.8) is 0 Å². The van der Waals surface area contributed by atoms with E-state index in [9.17, 15) is 22.5 Å². The molecule has 0 radical (unpaired) electrons. The number of hydrogen-bond donors (Lipinski definition) is 1. The number of ether oxygens (including phenoxy) is 1. The summed E-state index contributed by atoms with van der Waals surface area (Å²) in [4.78, 5) is 22.8. The van der Waals surface area contributed by atoms with Crippen LogP contribution in [0.25, 0.3) is 0 Å². The summed E-state index contributed by atoms with van der Waals surface area (Å²) in [5, 5.41) is 0. The normalized spacial score (nSPS) is 27.1. The Morgan fingerprint density at radius 2 is 1.80 bits per heavy atom. The molecule has 1 heterocycles. The summed E-state index contributed by atoms with van der Waals surface area (Å²) in [5.41, 5.74) is -0.924. The van der Waals surface area contributed by atoms with Gasteiger partial charge in [-0.25, -0.2) is 0 Å². The minimum atomic E-state index is -4.93. The first-order valence-electron chi connectivity index (χ1n) is 6.92. The van der Waals surface area contributed by atoms with Gasteiger partial charge in [0, 0.05) is 32.4 Å². The maximum absolute atomic E-state index is 12.7. The van der Waals surface area contributed by atoms with Crippen molar-refractivity contribution in [1.82, 2.24) is 0 Å². The third kappa shape index (κ3) is 4.23. The van der Waals surface area contributed by atoms with Crippen molar-refractivity contribution in [3.05, 3.63) is 0 Å². The predicted octanol–water partition coefficient (Wildman–Crippen LogP) is 0.928. The Balaban J connectivity index is 2.77. The van der Waals surface area contributed by atoms with Crippen molar-refractivity contribution in [3.8, 4) is 0 Å². The molecule has 0 aromatic carbocycles. The fourth-order valence-corrected chi connectivity index (χ4v) is 2.63. The van der Waals surface area contributed by atoms with Crippen LogP contribution in [0.15, 0.2) is 0 Å². The van der Waals surface area contributed by atoms with Crippen LogP contribution in [0.5, 0.6) is 0 Å². The highest BCUT2D eigenvalue weighted by Gasteiger charge is 2.49. The van der Waals surface area contributed by atoms with Crippen LogP contribution >= 0.6 is 0 Å². The summed E-state index contributed by atoms with van der Waals surface area (Å²) in [6.07, 6.45) is 0.718. The van der Waals surface area contributed by atoms with Gasteiger partial charge in [0.2, 0.25) is 0 Å². The third-order valence-corrected chi connectivity index (χ3v) is 3.98. The van der Waals surface area contributed by atoms with E-state index in [2.05, 4.69) is 0 Å². The standard InChI is InChI=1S/C12H21BF3NO3/c1-3-20-11(19)12(5-4-10(2)18)6-8-17(9-7-12)13(14,15)16/h17H,3-9H2,1-2H3. The maximum atomic E-state index is 12.7. The quantitative estimate of drug-likeness (QED) is 0.586. The molecule has 0 amide bonds. The first-order chi connectivity index (χ1) is 9.21. The molecule has 1 aliphatic rings. The molecule has 0 aliphatic carbocycles. The molecule has 1 fully saturated rings. The van der Waals surface area contributed by atoms with Gasteiger partial charge in [0.05, 0.1) is 12.0 Å². The highest BCUT2D eigenvalue weighted by molar-refractivity contribution is 6.48. The lowest BCUT2D eigenvalue weighted by Crippen LogP contribution is -3.21. The number of rotatable bonds is 6. The molecule has 8 heteroatoms. The Bertz CT molecular complexity index is 365. The van der Waals surface area contributed by atoms with Crippen LogP contribution in [0, 0.1) is 5.41 Å². The molecule has 1 N–H and O–H groups in total. The largest absolute Gasteiger partial charge is 0.731 e. The van der Waals surface area contributed by atoms with E-state index in [-0.39, 0.29) is 51.2 Å². The van der Waals surface area contributed by atoms with Crippen LogP contribution < -0.4 is 4.81 Å². The fraction of sp³-hybridized carbons (Fsp3) is 0.833. The molecule has 0 atom stereocenters. The predicted molar refractivity (Wildman–Crippen MR) is 68.0 cm³/mol. The van der Waals surface area contributed by atoms with Crippen molar-refractivity contribution < 1.29 is 32.1 Å². The zero-order valence-corrected chi connectivity index (χ0v) is 11.9. The molecule has 0 aromatic heterocycles. The Kier molecular flexibility index (Phi) is 5.62. The highest BCUT2D eigenvalue weighted by Crippen LogP contribution is 2.35. The number of halogens is 3. The zero-order chi connectivity index (χ0) is 15.4. The van der Waals surface area contributed by atoms with E-state index < -0.39 is 23.3 Å². The molecule has 1 aliphatic heterocycles. The number of ketones is 1. The van der Waals surface area contributed by atoms with Crippen molar-refractivity contribution >= 4 is 18.9 Å². The third-order valence-electron chi connectivity index (χ3n) is 3.98. The van der Waals surface area contributed by atoms with Crippen LogP contribution in [-0.4, -0.2) is 38.6 Å². The van der Waals surface area contributed by atoms with Gasteiger partial charge in [-0.1, -0.05) is 0 Å². The molecule has 4 nitrogen and oxygen atoms in total. The Morgan fingerprint density at radius 1 is 1.25 bits per heavy atom. The Hall–Kier alpha value is -1.05. The summed E-state index contributed by atoms with van der Waals surface area (Å²) < 4.78 is 43.1. The van der Waals surface area contributed by atoms with Crippen molar-refractivity contribution in [2.75, 3.05) is 19.7 Å². The van der Waals surface area contributed by atoms with Gasteiger partial charge in [0.25, 0.3) is 0 Å². The summed E-state index contributed by atoms with van der Waals surface area (Å²) >= 11 is 0. The first-order valence-corrected chi connectivity index (χ1v) is 6.92. The van der Waals surface area contributed by atoms with Gasteiger partial charge in [0.15, 0.2) is 0 Å². The lowest BCUT2D eigenvalue weighted by atomic mass is 9.73. The van der Waals surface area contributed by atoms with Crippen molar-refractivity contribution in [2.24, 2.45) is 5.41 Å². The Labute approximate surface area is 116 Å². The van der Waals surface area contributed by atoms with Crippen molar-refractivity contribution in [1.29, 1.82) is 0 Å². The molecule has 116 valence electrons. The second-order valence-electron chi connectivity index (χ2n) is 5.44. The van der Waals surface area contributed by atoms with Gasteiger partial charge in [-0.2, -0.15) is 0 Å². The number of hydrogen-bond acceptors (Lipinski definition) is 3. The van der Waals surface area contributed by atoms with E-state index in [0.717, 1.165) is 0 Å². The first kappa shape index (κ1) is 17.0. The van der Waals surface area contributed by atoms with Crippen LogP contribution in [0.4, 0.5) is 12.9 Å². The lowest BCUT2D eigenvalue weighted by Gasteiger charge is -2.41. The molecule has 0 bridgehead atoms. The summed E-state index contributed by atoms with van der Waals surface area (Å²) in [5.74, 6) is -0.529. The second kappa shape index (κ2) is 6.60. The minimum Gasteiger partial charge on any atom is -0.466 e. The van der Waals surface area contributed by atoms with Crippen LogP contribution in [-0.2, 0) is 14.3 Å². The average molecular weight is 295 g/mol. The number of piperidine rings is 1. The molecule has 1 rings (SSSR count). The maximum Gasteiger partial charge on any atom is 0.731 e. The number of esters is 1. The molecule has 20 heavy (non-hydrogen) atoms.